The van der Waals surface area contributed by atoms with Gasteiger partial charge in [-0.05, 0) is 36.4 Å². The minimum Gasteiger partial charge on any atom is -0.369 e. The lowest BCUT2D eigenvalue weighted by Crippen LogP contribution is -1.96. The van der Waals surface area contributed by atoms with E-state index in [0.717, 1.165) is 17.4 Å². The monoisotopic (exact) mass is 386 g/mol. The molecule has 0 aliphatic heterocycles. The average Bonchev–Trinajstić information content (AvgIpc) is 3.06. The van der Waals surface area contributed by atoms with Crippen LogP contribution in [0.2, 0.25) is 0 Å². The number of H-pyrrole nitrogens is 1. The van der Waals surface area contributed by atoms with Crippen LogP contribution in [0.3, 0.4) is 0 Å². The summed E-state index contributed by atoms with van der Waals surface area (Å²) < 4.78 is 42.1. The van der Waals surface area contributed by atoms with Crippen molar-refractivity contribution >= 4 is 9.84 Å². The molecule has 0 spiro atoms. The summed E-state index contributed by atoms with van der Waals surface area (Å²) in [5, 5.41) is 0. The molecule has 0 amide bonds. The van der Waals surface area contributed by atoms with Crippen LogP contribution in [0, 0.1) is 5.82 Å². The van der Waals surface area contributed by atoms with Crippen molar-refractivity contribution in [2.24, 2.45) is 0 Å². The summed E-state index contributed by atoms with van der Waals surface area (Å²) in [6.07, 6.45) is 2.81. The zero-order chi connectivity index (χ0) is 19.4. The molecule has 5 nitrogen and oxygen atoms in total. The molecule has 7 heteroatoms. The first-order chi connectivity index (χ1) is 12.9. The molecular formula is C20H19FN2O3S. The molecule has 0 radical (unpaired) electrons. The molecule has 0 atom stereocenters. The van der Waals surface area contributed by atoms with E-state index >= 15 is 0 Å². The molecule has 0 aliphatic rings. The first-order valence-electron chi connectivity index (χ1n) is 8.22. The van der Waals surface area contributed by atoms with Gasteiger partial charge in [0.1, 0.15) is 18.2 Å². The van der Waals surface area contributed by atoms with E-state index in [1.807, 2.05) is 0 Å². The van der Waals surface area contributed by atoms with Crippen LogP contribution in [0.15, 0.2) is 66.1 Å². The number of aromatic amines is 1. The second kappa shape index (κ2) is 7.85. The fourth-order valence-corrected chi connectivity index (χ4v) is 3.25. The SMILES string of the molecule is C=CCOCc1nc(-c2ccc(F)cc2)c(-c2ccc(S(C)(=O)=O)cc2)[nH]1. The van der Waals surface area contributed by atoms with Gasteiger partial charge in [-0.15, -0.1) is 6.58 Å². The van der Waals surface area contributed by atoms with Crippen LogP contribution in [-0.2, 0) is 21.2 Å². The third kappa shape index (κ3) is 4.50. The maximum Gasteiger partial charge on any atom is 0.175 e. The zero-order valence-electron chi connectivity index (χ0n) is 14.8. The molecule has 0 unspecified atom stereocenters. The summed E-state index contributed by atoms with van der Waals surface area (Å²) in [5.74, 6) is 0.279. The summed E-state index contributed by atoms with van der Waals surface area (Å²) in [6.45, 7) is 4.27. The number of ether oxygens (including phenoxy) is 1. The highest BCUT2D eigenvalue weighted by Crippen LogP contribution is 2.31. The normalized spacial score (nSPS) is 11.5. The molecule has 0 bridgehead atoms. The average molecular weight is 386 g/mol. The van der Waals surface area contributed by atoms with Gasteiger partial charge in [-0.2, -0.15) is 0 Å². The second-order valence-electron chi connectivity index (χ2n) is 6.01. The van der Waals surface area contributed by atoms with Crippen LogP contribution in [0.5, 0.6) is 0 Å². The molecule has 0 aliphatic carbocycles. The van der Waals surface area contributed by atoms with Crippen molar-refractivity contribution < 1.29 is 17.5 Å². The molecule has 1 aromatic heterocycles. The molecule has 27 heavy (non-hydrogen) atoms. The third-order valence-corrected chi connectivity index (χ3v) is 5.04. The molecular weight excluding hydrogens is 367 g/mol. The number of hydrogen-bond donors (Lipinski definition) is 1. The molecule has 1 N–H and O–H groups in total. The minimum absolute atomic E-state index is 0.239. The maximum atomic E-state index is 13.3. The van der Waals surface area contributed by atoms with E-state index in [9.17, 15) is 12.8 Å². The Labute approximate surface area is 157 Å². The first-order valence-corrected chi connectivity index (χ1v) is 10.1. The number of nitrogens with zero attached hydrogens (tertiary/aromatic N) is 1. The lowest BCUT2D eigenvalue weighted by Gasteiger charge is -2.05. The van der Waals surface area contributed by atoms with Gasteiger partial charge in [-0.3, -0.25) is 0 Å². The van der Waals surface area contributed by atoms with Crippen LogP contribution < -0.4 is 0 Å². The van der Waals surface area contributed by atoms with Crippen molar-refractivity contribution in [1.29, 1.82) is 0 Å². The lowest BCUT2D eigenvalue weighted by atomic mass is 10.1. The number of sulfone groups is 1. The first kappa shape index (κ1) is 19.0. The topological polar surface area (TPSA) is 72.0 Å². The van der Waals surface area contributed by atoms with Gasteiger partial charge in [-0.25, -0.2) is 17.8 Å². The fourth-order valence-electron chi connectivity index (χ4n) is 2.62. The summed E-state index contributed by atoms with van der Waals surface area (Å²) >= 11 is 0. The third-order valence-electron chi connectivity index (χ3n) is 3.92. The Bertz CT molecular complexity index is 1040. The maximum absolute atomic E-state index is 13.3. The molecule has 0 saturated carbocycles. The number of benzene rings is 2. The van der Waals surface area contributed by atoms with Crippen LogP contribution in [0.1, 0.15) is 5.82 Å². The number of halogens is 1. The van der Waals surface area contributed by atoms with Gasteiger partial charge in [0, 0.05) is 17.4 Å². The van der Waals surface area contributed by atoms with Gasteiger partial charge in [0.2, 0.25) is 0 Å². The van der Waals surface area contributed by atoms with Crippen molar-refractivity contribution in [1.82, 2.24) is 9.97 Å². The largest absolute Gasteiger partial charge is 0.369 e. The van der Waals surface area contributed by atoms with Gasteiger partial charge in [0.05, 0.1) is 22.9 Å². The van der Waals surface area contributed by atoms with Crippen molar-refractivity contribution in [3.63, 3.8) is 0 Å². The Morgan fingerprint density at radius 1 is 1.11 bits per heavy atom. The van der Waals surface area contributed by atoms with Gasteiger partial charge < -0.3 is 9.72 Å². The standard InChI is InChI=1S/C20H19FN2O3S/c1-3-12-26-13-18-22-19(14-4-8-16(21)9-5-14)20(23-18)15-6-10-17(11-7-15)27(2,24)25/h3-11H,1,12-13H2,2H3,(H,22,23). The van der Waals surface area contributed by atoms with Crippen LogP contribution in [-0.4, -0.2) is 31.2 Å². The molecule has 140 valence electrons. The second-order valence-corrected chi connectivity index (χ2v) is 8.03. The van der Waals surface area contributed by atoms with Crippen molar-refractivity contribution in [3.05, 3.63) is 72.8 Å². The quantitative estimate of drug-likeness (QED) is 0.492. The van der Waals surface area contributed by atoms with Gasteiger partial charge >= 0.3 is 0 Å². The number of rotatable bonds is 7. The van der Waals surface area contributed by atoms with E-state index in [2.05, 4.69) is 16.5 Å². The van der Waals surface area contributed by atoms with E-state index in [0.29, 0.717) is 23.8 Å². The summed E-state index contributed by atoms with van der Waals surface area (Å²) in [5.41, 5.74) is 2.85. The predicted octanol–water partition coefficient (Wildman–Crippen LogP) is 3.99. The van der Waals surface area contributed by atoms with Crippen molar-refractivity contribution in [2.45, 2.75) is 11.5 Å². The highest BCUT2D eigenvalue weighted by Gasteiger charge is 2.15. The Kier molecular flexibility index (Phi) is 5.53. The number of aromatic nitrogens is 2. The van der Waals surface area contributed by atoms with Crippen LogP contribution >= 0.6 is 0 Å². The molecule has 0 saturated heterocycles. The highest BCUT2D eigenvalue weighted by molar-refractivity contribution is 7.90. The highest BCUT2D eigenvalue weighted by atomic mass is 32.2. The molecule has 2 aromatic carbocycles. The number of nitrogens with one attached hydrogen (secondary N) is 1. The summed E-state index contributed by atoms with van der Waals surface area (Å²) in [7, 11) is -3.28. The van der Waals surface area contributed by atoms with E-state index in [1.165, 1.54) is 12.1 Å². The Balaban J connectivity index is 2.03. The van der Waals surface area contributed by atoms with Crippen molar-refractivity contribution in [2.75, 3.05) is 12.9 Å². The number of hydrogen-bond acceptors (Lipinski definition) is 4. The van der Waals surface area contributed by atoms with Gasteiger partial charge in [0.25, 0.3) is 0 Å². The van der Waals surface area contributed by atoms with E-state index in [4.69, 9.17) is 4.74 Å². The molecule has 1 heterocycles. The van der Waals surface area contributed by atoms with E-state index < -0.39 is 9.84 Å². The smallest absolute Gasteiger partial charge is 0.175 e. The Hall–Kier alpha value is -2.77. The Morgan fingerprint density at radius 3 is 2.33 bits per heavy atom. The summed E-state index contributed by atoms with van der Waals surface area (Å²) in [6, 6.07) is 12.6. The van der Waals surface area contributed by atoms with Gasteiger partial charge in [-0.1, -0.05) is 18.2 Å². The predicted molar refractivity (Wildman–Crippen MR) is 102 cm³/mol. The summed E-state index contributed by atoms with van der Waals surface area (Å²) in [4.78, 5) is 8.03. The lowest BCUT2D eigenvalue weighted by molar-refractivity contribution is 0.143. The minimum atomic E-state index is -3.28. The zero-order valence-corrected chi connectivity index (χ0v) is 15.6. The van der Waals surface area contributed by atoms with E-state index in [1.54, 1.807) is 42.5 Å². The Morgan fingerprint density at radius 2 is 1.74 bits per heavy atom. The number of imidazole rings is 1. The molecule has 0 fully saturated rings. The molecule has 3 rings (SSSR count). The van der Waals surface area contributed by atoms with Crippen LogP contribution in [0.4, 0.5) is 4.39 Å². The molecule has 3 aromatic rings. The van der Waals surface area contributed by atoms with E-state index in [-0.39, 0.29) is 17.3 Å². The van der Waals surface area contributed by atoms with Crippen LogP contribution in [0.25, 0.3) is 22.5 Å². The fraction of sp³-hybridized carbons (Fsp3) is 0.150. The van der Waals surface area contributed by atoms with Crippen molar-refractivity contribution in [3.8, 4) is 22.5 Å². The van der Waals surface area contributed by atoms with Gasteiger partial charge in [0.15, 0.2) is 9.84 Å².